The number of nitrogens with zero attached hydrogens (tertiary/aromatic N) is 4. The van der Waals surface area contributed by atoms with Gasteiger partial charge in [-0.05, 0) is 36.8 Å². The summed E-state index contributed by atoms with van der Waals surface area (Å²) in [5.74, 6) is -0.0177. The third kappa shape index (κ3) is 3.45. The van der Waals surface area contributed by atoms with Crippen LogP contribution in [0.2, 0.25) is 0 Å². The Kier molecular flexibility index (Phi) is 4.74. The predicted octanol–water partition coefficient (Wildman–Crippen LogP) is 2.71. The Labute approximate surface area is 174 Å². The van der Waals surface area contributed by atoms with Crippen molar-refractivity contribution in [3.05, 3.63) is 54.1 Å². The molecule has 2 saturated heterocycles. The lowest BCUT2D eigenvalue weighted by Crippen LogP contribution is -2.35. The molecule has 8 heteroatoms. The van der Waals surface area contributed by atoms with Crippen molar-refractivity contribution < 1.29 is 14.0 Å². The molecule has 8 nitrogen and oxygen atoms in total. The van der Waals surface area contributed by atoms with Gasteiger partial charge in [0.15, 0.2) is 5.58 Å². The Morgan fingerprint density at radius 2 is 1.90 bits per heavy atom. The molecule has 3 aromatic rings. The quantitative estimate of drug-likeness (QED) is 0.725. The standard InChI is InChI=1S/C22H23N5O3/c28-20(16-5-3-6-17(15-16)27-12-9-23-21(27)29)25-10-4-11-26(14-13-25)22-24-18-7-1-2-8-19(18)30-22/h1-3,5-8,15H,4,9-14H2,(H,23,29). The van der Waals surface area contributed by atoms with Gasteiger partial charge in [0.1, 0.15) is 5.52 Å². The lowest BCUT2D eigenvalue weighted by atomic mass is 10.1. The van der Waals surface area contributed by atoms with Crippen LogP contribution in [0.5, 0.6) is 0 Å². The summed E-state index contributed by atoms with van der Waals surface area (Å²) >= 11 is 0. The fraction of sp³-hybridized carbons (Fsp3) is 0.318. The molecule has 2 aromatic carbocycles. The minimum Gasteiger partial charge on any atom is -0.423 e. The van der Waals surface area contributed by atoms with Gasteiger partial charge in [-0.15, -0.1) is 0 Å². The molecule has 0 bridgehead atoms. The van der Waals surface area contributed by atoms with Gasteiger partial charge in [-0.25, -0.2) is 4.79 Å². The van der Waals surface area contributed by atoms with Crippen LogP contribution < -0.4 is 15.1 Å². The van der Waals surface area contributed by atoms with Gasteiger partial charge in [0.25, 0.3) is 11.9 Å². The monoisotopic (exact) mass is 405 g/mol. The zero-order chi connectivity index (χ0) is 20.5. The number of nitrogens with one attached hydrogen (secondary N) is 1. The highest BCUT2D eigenvalue weighted by molar-refractivity contribution is 5.98. The Morgan fingerprint density at radius 1 is 1.00 bits per heavy atom. The van der Waals surface area contributed by atoms with Crippen LogP contribution >= 0.6 is 0 Å². The number of urea groups is 1. The molecule has 0 radical (unpaired) electrons. The maximum absolute atomic E-state index is 13.1. The molecule has 1 N–H and O–H groups in total. The number of para-hydroxylation sites is 2. The molecule has 5 rings (SSSR count). The molecule has 30 heavy (non-hydrogen) atoms. The van der Waals surface area contributed by atoms with Crippen molar-refractivity contribution in [2.75, 3.05) is 49.1 Å². The number of rotatable bonds is 3. The lowest BCUT2D eigenvalue weighted by molar-refractivity contribution is 0.0767. The number of amides is 3. The molecule has 0 atom stereocenters. The molecule has 2 aliphatic rings. The number of benzene rings is 2. The van der Waals surface area contributed by atoms with E-state index in [9.17, 15) is 9.59 Å². The first-order valence-electron chi connectivity index (χ1n) is 10.2. The molecule has 3 heterocycles. The first kappa shape index (κ1) is 18.5. The van der Waals surface area contributed by atoms with E-state index in [-0.39, 0.29) is 11.9 Å². The summed E-state index contributed by atoms with van der Waals surface area (Å²) in [6.45, 7) is 3.93. The number of carbonyl (C=O) groups excluding carboxylic acids is 2. The molecule has 0 aliphatic carbocycles. The third-order valence-corrected chi connectivity index (χ3v) is 5.60. The van der Waals surface area contributed by atoms with E-state index in [1.54, 1.807) is 11.0 Å². The molecule has 3 amide bonds. The maximum atomic E-state index is 13.1. The van der Waals surface area contributed by atoms with Crippen molar-refractivity contribution in [2.24, 2.45) is 0 Å². The topological polar surface area (TPSA) is 81.9 Å². The second-order valence-electron chi connectivity index (χ2n) is 7.53. The Balaban J connectivity index is 1.30. The molecule has 0 spiro atoms. The van der Waals surface area contributed by atoms with Gasteiger partial charge in [0.2, 0.25) is 0 Å². The van der Waals surface area contributed by atoms with Crippen molar-refractivity contribution in [3.63, 3.8) is 0 Å². The van der Waals surface area contributed by atoms with Crippen LogP contribution in [0.15, 0.2) is 52.9 Å². The van der Waals surface area contributed by atoms with Crippen LogP contribution in [0.1, 0.15) is 16.8 Å². The average molecular weight is 405 g/mol. The predicted molar refractivity (Wildman–Crippen MR) is 114 cm³/mol. The largest absolute Gasteiger partial charge is 0.423 e. The van der Waals surface area contributed by atoms with Crippen LogP contribution in [-0.2, 0) is 0 Å². The molecule has 0 unspecified atom stereocenters. The first-order valence-corrected chi connectivity index (χ1v) is 10.2. The Morgan fingerprint density at radius 3 is 2.73 bits per heavy atom. The number of aromatic nitrogens is 1. The van der Waals surface area contributed by atoms with Crippen LogP contribution in [-0.4, -0.2) is 61.1 Å². The van der Waals surface area contributed by atoms with E-state index in [1.807, 2.05) is 47.4 Å². The van der Waals surface area contributed by atoms with E-state index < -0.39 is 0 Å². The van der Waals surface area contributed by atoms with E-state index in [0.29, 0.717) is 44.3 Å². The first-order chi connectivity index (χ1) is 14.7. The van der Waals surface area contributed by atoms with Crippen molar-refractivity contribution in [3.8, 4) is 0 Å². The smallest absolute Gasteiger partial charge is 0.321 e. The Bertz CT molecular complexity index is 1060. The van der Waals surface area contributed by atoms with Crippen LogP contribution in [0, 0.1) is 0 Å². The van der Waals surface area contributed by atoms with Crippen LogP contribution in [0.4, 0.5) is 16.5 Å². The zero-order valence-corrected chi connectivity index (χ0v) is 16.6. The molecule has 0 saturated carbocycles. The Hall–Kier alpha value is -3.55. The molecular weight excluding hydrogens is 382 g/mol. The fourth-order valence-electron chi connectivity index (χ4n) is 4.01. The second-order valence-corrected chi connectivity index (χ2v) is 7.53. The van der Waals surface area contributed by atoms with Gasteiger partial charge in [-0.3, -0.25) is 9.69 Å². The maximum Gasteiger partial charge on any atom is 0.321 e. The second kappa shape index (κ2) is 7.70. The molecular formula is C22H23N5O3. The third-order valence-electron chi connectivity index (χ3n) is 5.60. The summed E-state index contributed by atoms with van der Waals surface area (Å²) in [5.41, 5.74) is 2.96. The number of fused-ring (bicyclic) bond motifs is 1. The summed E-state index contributed by atoms with van der Waals surface area (Å²) in [5, 5.41) is 2.79. The van der Waals surface area contributed by atoms with Gasteiger partial charge in [0, 0.05) is 50.5 Å². The number of hydrogen-bond acceptors (Lipinski definition) is 5. The van der Waals surface area contributed by atoms with Crippen molar-refractivity contribution in [1.29, 1.82) is 0 Å². The highest BCUT2D eigenvalue weighted by Crippen LogP contribution is 2.24. The molecule has 1 aromatic heterocycles. The SMILES string of the molecule is O=C(c1cccc(N2CCNC2=O)c1)N1CCCN(c2nc3ccccc3o2)CC1. The van der Waals surface area contributed by atoms with E-state index in [0.717, 1.165) is 29.8 Å². The summed E-state index contributed by atoms with van der Waals surface area (Å²) in [4.78, 5) is 35.3. The fourth-order valence-corrected chi connectivity index (χ4v) is 4.01. The summed E-state index contributed by atoms with van der Waals surface area (Å²) < 4.78 is 5.89. The van der Waals surface area contributed by atoms with Gasteiger partial charge in [0.05, 0.1) is 0 Å². The van der Waals surface area contributed by atoms with Gasteiger partial charge in [-0.1, -0.05) is 18.2 Å². The number of anilines is 2. The van der Waals surface area contributed by atoms with Crippen molar-refractivity contribution >= 4 is 34.7 Å². The minimum absolute atomic E-state index is 0.0177. The lowest BCUT2D eigenvalue weighted by Gasteiger charge is -2.22. The van der Waals surface area contributed by atoms with Crippen LogP contribution in [0.25, 0.3) is 11.1 Å². The highest BCUT2D eigenvalue weighted by Gasteiger charge is 2.25. The van der Waals surface area contributed by atoms with E-state index in [2.05, 4.69) is 15.2 Å². The average Bonchev–Trinajstić information content (AvgIpc) is 3.32. The van der Waals surface area contributed by atoms with E-state index in [4.69, 9.17) is 4.42 Å². The zero-order valence-electron chi connectivity index (χ0n) is 16.6. The van der Waals surface area contributed by atoms with Crippen LogP contribution in [0.3, 0.4) is 0 Å². The highest BCUT2D eigenvalue weighted by atomic mass is 16.4. The number of carbonyl (C=O) groups is 2. The number of hydrogen-bond donors (Lipinski definition) is 1. The summed E-state index contributed by atoms with van der Waals surface area (Å²) in [7, 11) is 0. The summed E-state index contributed by atoms with van der Waals surface area (Å²) in [6.07, 6.45) is 0.832. The molecule has 2 aliphatic heterocycles. The summed E-state index contributed by atoms with van der Waals surface area (Å²) in [6, 6.07) is 15.5. The van der Waals surface area contributed by atoms with Crippen molar-refractivity contribution in [2.45, 2.75) is 6.42 Å². The van der Waals surface area contributed by atoms with Gasteiger partial charge in [-0.2, -0.15) is 4.98 Å². The van der Waals surface area contributed by atoms with Gasteiger partial charge >= 0.3 is 6.03 Å². The van der Waals surface area contributed by atoms with Crippen molar-refractivity contribution in [1.82, 2.24) is 15.2 Å². The van der Waals surface area contributed by atoms with E-state index >= 15 is 0 Å². The normalized spacial score (nSPS) is 17.3. The number of oxazole rings is 1. The molecule has 2 fully saturated rings. The minimum atomic E-state index is -0.122. The molecule has 154 valence electrons. The van der Waals surface area contributed by atoms with E-state index in [1.165, 1.54) is 0 Å². The van der Waals surface area contributed by atoms with Gasteiger partial charge < -0.3 is 19.5 Å².